The van der Waals surface area contributed by atoms with Crippen molar-refractivity contribution in [3.8, 4) is 0 Å². The minimum absolute atomic E-state index is 0.0889. The van der Waals surface area contributed by atoms with E-state index in [0.717, 1.165) is 31.8 Å². The lowest BCUT2D eigenvalue weighted by Crippen LogP contribution is -2.53. The summed E-state index contributed by atoms with van der Waals surface area (Å²) in [5.41, 5.74) is 7.77. The molecule has 1 aliphatic carbocycles. The van der Waals surface area contributed by atoms with Gasteiger partial charge in [0.05, 0.1) is 5.60 Å². The molecule has 3 heteroatoms. The van der Waals surface area contributed by atoms with Crippen LogP contribution in [0.2, 0.25) is 0 Å². The van der Waals surface area contributed by atoms with Crippen LogP contribution >= 0.6 is 11.3 Å². The number of hydrogen-bond acceptors (Lipinski definition) is 3. The number of hydrogen-bond donors (Lipinski definition) is 1. The molecule has 0 amide bonds. The second-order valence-corrected chi connectivity index (χ2v) is 6.42. The van der Waals surface area contributed by atoms with Gasteiger partial charge in [0.25, 0.3) is 0 Å². The Morgan fingerprint density at radius 3 is 3.06 bits per heavy atom. The highest BCUT2D eigenvalue weighted by molar-refractivity contribution is 7.07. The van der Waals surface area contributed by atoms with Crippen LogP contribution in [-0.4, -0.2) is 18.2 Å². The summed E-state index contributed by atoms with van der Waals surface area (Å²) >= 11 is 1.74. The van der Waals surface area contributed by atoms with Gasteiger partial charge in [0.1, 0.15) is 0 Å². The topological polar surface area (TPSA) is 35.2 Å². The number of thiophene rings is 1. The summed E-state index contributed by atoms with van der Waals surface area (Å²) in [6.45, 7) is 5.17. The average molecular weight is 267 g/mol. The Morgan fingerprint density at radius 2 is 2.44 bits per heavy atom. The van der Waals surface area contributed by atoms with Crippen LogP contribution in [0.3, 0.4) is 0 Å². The molecule has 1 aliphatic rings. The van der Waals surface area contributed by atoms with Gasteiger partial charge < -0.3 is 10.5 Å². The molecule has 1 saturated carbocycles. The van der Waals surface area contributed by atoms with Crippen molar-refractivity contribution in [1.82, 2.24) is 0 Å². The quantitative estimate of drug-likeness (QED) is 0.884. The van der Waals surface area contributed by atoms with Crippen LogP contribution in [0.25, 0.3) is 0 Å². The first-order valence-electron chi connectivity index (χ1n) is 7.07. The lowest BCUT2D eigenvalue weighted by atomic mass is 9.73. The van der Waals surface area contributed by atoms with Crippen molar-refractivity contribution in [2.24, 2.45) is 11.7 Å². The van der Waals surface area contributed by atoms with Crippen molar-refractivity contribution < 1.29 is 4.74 Å². The third-order valence-corrected chi connectivity index (χ3v) is 4.87. The van der Waals surface area contributed by atoms with Gasteiger partial charge in [-0.05, 0) is 54.5 Å². The molecule has 2 nitrogen and oxygen atoms in total. The van der Waals surface area contributed by atoms with Gasteiger partial charge in [-0.1, -0.05) is 19.8 Å². The van der Waals surface area contributed by atoms with Crippen molar-refractivity contribution in [3.63, 3.8) is 0 Å². The number of rotatable bonds is 5. The van der Waals surface area contributed by atoms with E-state index in [2.05, 4.69) is 30.7 Å². The standard InChI is InChI=1S/C15H25NOS/c1-3-17-15(7-4-5-12(2)10-15)14(16)9-13-6-8-18-11-13/h6,8,11-12,14H,3-5,7,9-10,16H2,1-2H3. The van der Waals surface area contributed by atoms with Crippen LogP contribution in [0.5, 0.6) is 0 Å². The first kappa shape index (κ1) is 14.0. The van der Waals surface area contributed by atoms with Crippen LogP contribution in [0, 0.1) is 5.92 Å². The first-order valence-corrected chi connectivity index (χ1v) is 8.01. The Balaban J connectivity index is 2.08. The molecule has 0 bridgehead atoms. The summed E-state index contributed by atoms with van der Waals surface area (Å²) < 4.78 is 6.13. The lowest BCUT2D eigenvalue weighted by Gasteiger charge is -2.44. The molecule has 3 atom stereocenters. The molecule has 1 fully saturated rings. The van der Waals surface area contributed by atoms with E-state index in [1.165, 1.54) is 18.4 Å². The van der Waals surface area contributed by atoms with Crippen LogP contribution in [0.1, 0.15) is 45.1 Å². The maximum atomic E-state index is 6.50. The molecule has 0 aliphatic heterocycles. The predicted octanol–water partition coefficient (Wildman–Crippen LogP) is 3.60. The van der Waals surface area contributed by atoms with Gasteiger partial charge in [0.2, 0.25) is 0 Å². The molecule has 1 aromatic rings. The van der Waals surface area contributed by atoms with Crippen molar-refractivity contribution in [2.75, 3.05) is 6.61 Å². The average Bonchev–Trinajstić information content (AvgIpc) is 2.82. The van der Waals surface area contributed by atoms with E-state index < -0.39 is 0 Å². The van der Waals surface area contributed by atoms with Gasteiger partial charge in [0.15, 0.2) is 0 Å². The zero-order valence-corrected chi connectivity index (χ0v) is 12.3. The van der Waals surface area contributed by atoms with Gasteiger partial charge in [-0.3, -0.25) is 0 Å². The summed E-state index contributed by atoms with van der Waals surface area (Å²) in [4.78, 5) is 0. The van der Waals surface area contributed by atoms with E-state index in [0.29, 0.717) is 0 Å². The second kappa shape index (κ2) is 6.18. The third-order valence-electron chi connectivity index (χ3n) is 4.13. The van der Waals surface area contributed by atoms with E-state index in [4.69, 9.17) is 10.5 Å². The molecule has 1 aromatic heterocycles. The molecule has 2 rings (SSSR count). The highest BCUT2D eigenvalue weighted by Gasteiger charge is 2.40. The van der Waals surface area contributed by atoms with E-state index in [1.54, 1.807) is 11.3 Å². The van der Waals surface area contributed by atoms with Crippen LogP contribution < -0.4 is 5.73 Å². The SMILES string of the molecule is CCOC1(C(N)Cc2ccsc2)CCCC(C)C1. The molecule has 0 spiro atoms. The van der Waals surface area contributed by atoms with Crippen molar-refractivity contribution in [1.29, 1.82) is 0 Å². The lowest BCUT2D eigenvalue weighted by molar-refractivity contribution is -0.0925. The Bertz CT molecular complexity index is 347. The molecular formula is C15H25NOS. The molecule has 0 aromatic carbocycles. The minimum Gasteiger partial charge on any atom is -0.374 e. The van der Waals surface area contributed by atoms with Crippen molar-refractivity contribution >= 4 is 11.3 Å². The molecule has 18 heavy (non-hydrogen) atoms. The molecule has 0 radical (unpaired) electrons. The van der Waals surface area contributed by atoms with Gasteiger partial charge in [-0.25, -0.2) is 0 Å². The van der Waals surface area contributed by atoms with Gasteiger partial charge in [0, 0.05) is 12.6 Å². The normalized spacial score (nSPS) is 30.3. The first-order chi connectivity index (χ1) is 8.66. The fourth-order valence-electron chi connectivity index (χ4n) is 3.25. The Kier molecular flexibility index (Phi) is 4.82. The molecule has 3 unspecified atom stereocenters. The largest absolute Gasteiger partial charge is 0.374 e. The van der Waals surface area contributed by atoms with Crippen LogP contribution in [-0.2, 0) is 11.2 Å². The Labute approximate surface area is 115 Å². The monoisotopic (exact) mass is 267 g/mol. The fraction of sp³-hybridized carbons (Fsp3) is 0.733. The van der Waals surface area contributed by atoms with Gasteiger partial charge in [-0.2, -0.15) is 11.3 Å². The van der Waals surface area contributed by atoms with Gasteiger partial charge >= 0.3 is 0 Å². The smallest absolute Gasteiger partial charge is 0.0838 e. The van der Waals surface area contributed by atoms with E-state index in [1.807, 2.05) is 0 Å². The van der Waals surface area contributed by atoms with Crippen molar-refractivity contribution in [3.05, 3.63) is 22.4 Å². The third kappa shape index (κ3) is 3.14. The molecular weight excluding hydrogens is 242 g/mol. The summed E-state index contributed by atoms with van der Waals surface area (Å²) in [6, 6.07) is 2.30. The van der Waals surface area contributed by atoms with E-state index in [9.17, 15) is 0 Å². The minimum atomic E-state index is -0.0889. The Hall–Kier alpha value is -0.380. The summed E-state index contributed by atoms with van der Waals surface area (Å²) in [5, 5.41) is 4.32. The second-order valence-electron chi connectivity index (χ2n) is 5.64. The number of nitrogens with two attached hydrogens (primary N) is 1. The maximum Gasteiger partial charge on any atom is 0.0838 e. The zero-order chi connectivity index (χ0) is 13.0. The highest BCUT2D eigenvalue weighted by Crippen LogP contribution is 2.38. The summed E-state index contributed by atoms with van der Waals surface area (Å²) in [6.07, 6.45) is 5.75. The highest BCUT2D eigenvalue weighted by atomic mass is 32.1. The summed E-state index contributed by atoms with van der Waals surface area (Å²) in [7, 11) is 0. The molecule has 0 saturated heterocycles. The summed E-state index contributed by atoms with van der Waals surface area (Å²) in [5.74, 6) is 0.735. The van der Waals surface area contributed by atoms with Crippen LogP contribution in [0.4, 0.5) is 0 Å². The zero-order valence-electron chi connectivity index (χ0n) is 11.5. The number of ether oxygens (including phenoxy) is 1. The van der Waals surface area contributed by atoms with Gasteiger partial charge in [-0.15, -0.1) is 0 Å². The fourth-order valence-corrected chi connectivity index (χ4v) is 3.94. The maximum absolute atomic E-state index is 6.50. The Morgan fingerprint density at radius 1 is 1.61 bits per heavy atom. The molecule has 102 valence electrons. The van der Waals surface area contributed by atoms with E-state index >= 15 is 0 Å². The van der Waals surface area contributed by atoms with E-state index in [-0.39, 0.29) is 11.6 Å². The molecule has 1 heterocycles. The van der Waals surface area contributed by atoms with Crippen molar-refractivity contribution in [2.45, 2.75) is 57.6 Å². The van der Waals surface area contributed by atoms with Crippen LogP contribution in [0.15, 0.2) is 16.8 Å². The predicted molar refractivity (Wildman–Crippen MR) is 78.0 cm³/mol. The molecule has 2 N–H and O–H groups in total.